The van der Waals surface area contributed by atoms with E-state index in [0.29, 0.717) is 26.2 Å². The molecule has 1 heterocycles. The summed E-state index contributed by atoms with van der Waals surface area (Å²) < 4.78 is 32.8. The molecule has 0 radical (unpaired) electrons. The van der Waals surface area contributed by atoms with Crippen molar-refractivity contribution in [2.45, 2.75) is 45.7 Å². The maximum absolute atomic E-state index is 13.2. The summed E-state index contributed by atoms with van der Waals surface area (Å²) >= 11 is 0. The quantitative estimate of drug-likeness (QED) is 0.508. The first-order valence-corrected chi connectivity index (χ1v) is 13.1. The number of nitrogens with zero attached hydrogens (tertiary/aromatic N) is 1. The van der Waals surface area contributed by atoms with E-state index in [-0.39, 0.29) is 18.2 Å². The Morgan fingerprint density at radius 3 is 2.29 bits per heavy atom. The van der Waals surface area contributed by atoms with E-state index in [9.17, 15) is 13.2 Å². The van der Waals surface area contributed by atoms with E-state index in [0.717, 1.165) is 27.8 Å². The third kappa shape index (κ3) is 5.73. The van der Waals surface area contributed by atoms with Crippen LogP contribution < -0.4 is 5.32 Å². The SMILES string of the molecule is CCS(=O)(=O)N1Cc2ccccc2CC1C(=O)NCc1ccccc1COCc1ccccc1. The molecule has 4 rings (SSSR count). The average Bonchev–Trinajstić information content (AvgIpc) is 2.87. The van der Waals surface area contributed by atoms with Crippen LogP contribution in [0.5, 0.6) is 0 Å². The maximum atomic E-state index is 13.2. The molecule has 1 aliphatic heterocycles. The van der Waals surface area contributed by atoms with Crippen LogP contribution in [-0.2, 0) is 52.3 Å². The van der Waals surface area contributed by atoms with Gasteiger partial charge < -0.3 is 10.1 Å². The van der Waals surface area contributed by atoms with Crippen LogP contribution >= 0.6 is 0 Å². The van der Waals surface area contributed by atoms with Crippen LogP contribution in [0.15, 0.2) is 78.9 Å². The third-order valence-electron chi connectivity index (χ3n) is 6.17. The van der Waals surface area contributed by atoms with Crippen LogP contribution in [0.4, 0.5) is 0 Å². The molecular weight excluding hydrogens is 448 g/mol. The number of hydrogen-bond donors (Lipinski definition) is 1. The summed E-state index contributed by atoms with van der Waals surface area (Å²) in [6, 6.07) is 24.7. The van der Waals surface area contributed by atoms with Crippen LogP contribution in [-0.4, -0.2) is 30.4 Å². The summed E-state index contributed by atoms with van der Waals surface area (Å²) in [5.41, 5.74) is 5.00. The summed E-state index contributed by atoms with van der Waals surface area (Å²) in [6.07, 6.45) is 0.364. The van der Waals surface area contributed by atoms with E-state index in [1.807, 2.05) is 78.9 Å². The Hall–Kier alpha value is -3.00. The summed E-state index contributed by atoms with van der Waals surface area (Å²) in [7, 11) is -3.54. The van der Waals surface area contributed by atoms with Gasteiger partial charge in [-0.1, -0.05) is 78.9 Å². The van der Waals surface area contributed by atoms with E-state index in [2.05, 4.69) is 5.32 Å². The smallest absolute Gasteiger partial charge is 0.239 e. The lowest BCUT2D eigenvalue weighted by Crippen LogP contribution is -2.52. The molecule has 34 heavy (non-hydrogen) atoms. The number of fused-ring (bicyclic) bond motifs is 1. The zero-order chi connectivity index (χ0) is 24.0. The van der Waals surface area contributed by atoms with Crippen molar-refractivity contribution in [1.29, 1.82) is 0 Å². The van der Waals surface area contributed by atoms with Gasteiger partial charge in [0, 0.05) is 13.1 Å². The van der Waals surface area contributed by atoms with Crippen molar-refractivity contribution >= 4 is 15.9 Å². The Morgan fingerprint density at radius 1 is 0.912 bits per heavy atom. The maximum Gasteiger partial charge on any atom is 0.239 e. The van der Waals surface area contributed by atoms with Gasteiger partial charge in [0.1, 0.15) is 6.04 Å². The second kappa shape index (κ2) is 11.0. The Bertz CT molecular complexity index is 1230. The van der Waals surface area contributed by atoms with Crippen LogP contribution in [0, 0.1) is 0 Å². The van der Waals surface area contributed by atoms with Crippen molar-refractivity contribution in [3.05, 3.63) is 107 Å². The first-order valence-electron chi connectivity index (χ1n) is 11.5. The lowest BCUT2D eigenvalue weighted by Gasteiger charge is -2.34. The topological polar surface area (TPSA) is 75.7 Å². The minimum absolute atomic E-state index is 0.0411. The number of amides is 1. The molecule has 0 spiro atoms. The molecular formula is C27H30N2O4S. The normalized spacial score (nSPS) is 16.1. The molecule has 6 nitrogen and oxygen atoms in total. The van der Waals surface area contributed by atoms with E-state index in [4.69, 9.17) is 4.74 Å². The highest BCUT2D eigenvalue weighted by Gasteiger charge is 2.37. The van der Waals surface area contributed by atoms with E-state index in [1.165, 1.54) is 4.31 Å². The van der Waals surface area contributed by atoms with E-state index >= 15 is 0 Å². The van der Waals surface area contributed by atoms with Crippen LogP contribution in [0.2, 0.25) is 0 Å². The fourth-order valence-corrected chi connectivity index (χ4v) is 5.43. The molecule has 1 N–H and O–H groups in total. The van der Waals surface area contributed by atoms with Gasteiger partial charge >= 0.3 is 0 Å². The van der Waals surface area contributed by atoms with Gasteiger partial charge in [0.05, 0.1) is 19.0 Å². The van der Waals surface area contributed by atoms with Crippen molar-refractivity contribution in [3.63, 3.8) is 0 Å². The Labute approximate surface area is 201 Å². The number of sulfonamides is 1. The van der Waals surface area contributed by atoms with E-state index < -0.39 is 16.1 Å². The molecule has 0 saturated heterocycles. The van der Waals surface area contributed by atoms with Crippen LogP contribution in [0.3, 0.4) is 0 Å². The zero-order valence-corrected chi connectivity index (χ0v) is 20.1. The zero-order valence-electron chi connectivity index (χ0n) is 19.3. The standard InChI is InChI=1S/C27H30N2O4S/c1-2-34(31,32)29-18-24-14-8-6-12-22(24)16-26(29)27(30)28-17-23-13-7-9-15-25(23)20-33-19-21-10-4-3-5-11-21/h3-15,26H,2,16-20H2,1H3,(H,28,30). The fourth-order valence-electron chi connectivity index (χ4n) is 4.20. The third-order valence-corrected chi connectivity index (χ3v) is 8.00. The van der Waals surface area contributed by atoms with Crippen molar-refractivity contribution < 1.29 is 17.9 Å². The van der Waals surface area contributed by atoms with E-state index in [1.54, 1.807) is 6.92 Å². The number of benzene rings is 3. The largest absolute Gasteiger partial charge is 0.372 e. The second-order valence-corrected chi connectivity index (χ2v) is 10.6. The molecule has 3 aromatic rings. The predicted molar refractivity (Wildman–Crippen MR) is 132 cm³/mol. The lowest BCUT2D eigenvalue weighted by molar-refractivity contribution is -0.125. The second-order valence-electron chi connectivity index (χ2n) is 8.40. The molecule has 0 bridgehead atoms. The highest BCUT2D eigenvalue weighted by atomic mass is 32.2. The molecule has 1 aliphatic rings. The molecule has 0 fully saturated rings. The number of hydrogen-bond acceptors (Lipinski definition) is 4. The first kappa shape index (κ1) is 24.1. The van der Waals surface area contributed by atoms with Crippen molar-refractivity contribution in [3.8, 4) is 0 Å². The van der Waals surface area contributed by atoms with Gasteiger partial charge in [-0.25, -0.2) is 8.42 Å². The van der Waals surface area contributed by atoms with Gasteiger partial charge in [-0.2, -0.15) is 4.31 Å². The van der Waals surface area contributed by atoms with Crippen LogP contribution in [0.25, 0.3) is 0 Å². The predicted octanol–water partition coefficient (Wildman–Crippen LogP) is 3.80. The average molecular weight is 479 g/mol. The molecule has 178 valence electrons. The van der Waals surface area contributed by atoms with Crippen LogP contribution in [0.1, 0.15) is 34.7 Å². The van der Waals surface area contributed by atoms with Gasteiger partial charge in [-0.15, -0.1) is 0 Å². The lowest BCUT2D eigenvalue weighted by atomic mass is 9.95. The number of carbonyl (C=O) groups is 1. The molecule has 0 saturated carbocycles. The Balaban J connectivity index is 1.43. The minimum Gasteiger partial charge on any atom is -0.372 e. The van der Waals surface area contributed by atoms with Gasteiger partial charge in [0.15, 0.2) is 0 Å². The van der Waals surface area contributed by atoms with Crippen molar-refractivity contribution in [2.24, 2.45) is 0 Å². The van der Waals surface area contributed by atoms with Gasteiger partial charge in [0.25, 0.3) is 0 Å². The summed E-state index contributed by atoms with van der Waals surface area (Å²) in [5.74, 6) is -0.327. The Kier molecular flexibility index (Phi) is 7.77. The number of carbonyl (C=O) groups excluding carboxylic acids is 1. The highest BCUT2D eigenvalue weighted by Crippen LogP contribution is 2.26. The molecule has 3 aromatic carbocycles. The molecule has 7 heteroatoms. The molecule has 1 amide bonds. The Morgan fingerprint density at radius 2 is 1.56 bits per heavy atom. The molecule has 1 atom stereocenters. The number of nitrogens with one attached hydrogen (secondary N) is 1. The number of rotatable bonds is 9. The van der Waals surface area contributed by atoms with Crippen molar-refractivity contribution in [2.75, 3.05) is 5.75 Å². The van der Waals surface area contributed by atoms with Gasteiger partial charge in [-0.3, -0.25) is 4.79 Å². The summed E-state index contributed by atoms with van der Waals surface area (Å²) in [4.78, 5) is 13.2. The minimum atomic E-state index is -3.54. The first-order chi connectivity index (χ1) is 16.5. The molecule has 1 unspecified atom stereocenters. The van der Waals surface area contributed by atoms with Gasteiger partial charge in [-0.05, 0) is 41.2 Å². The van der Waals surface area contributed by atoms with Gasteiger partial charge in [0.2, 0.25) is 15.9 Å². The fraction of sp³-hybridized carbons (Fsp3) is 0.296. The molecule has 0 aromatic heterocycles. The monoisotopic (exact) mass is 478 g/mol. The number of ether oxygens (including phenoxy) is 1. The molecule has 0 aliphatic carbocycles. The van der Waals surface area contributed by atoms with Crippen molar-refractivity contribution in [1.82, 2.24) is 9.62 Å². The summed E-state index contributed by atoms with van der Waals surface area (Å²) in [5, 5.41) is 2.97. The highest BCUT2D eigenvalue weighted by molar-refractivity contribution is 7.89. The summed E-state index contributed by atoms with van der Waals surface area (Å²) in [6.45, 7) is 3.06.